The van der Waals surface area contributed by atoms with Gasteiger partial charge in [-0.25, -0.2) is 0 Å². The van der Waals surface area contributed by atoms with Crippen LogP contribution in [0.15, 0.2) is 29.4 Å². The van der Waals surface area contributed by atoms with Gasteiger partial charge in [0, 0.05) is 17.1 Å². The number of halogens is 1. The summed E-state index contributed by atoms with van der Waals surface area (Å²) in [7, 11) is 0. The van der Waals surface area contributed by atoms with E-state index in [1.54, 1.807) is 18.2 Å². The molecule has 1 heterocycles. The number of esters is 1. The SMILES string of the molecule is CCn1c(SCC(=O)OCC#N)nnc1-c1ccc(Cl)cc1. The second-order valence-corrected chi connectivity index (χ2v) is 5.54. The van der Waals surface area contributed by atoms with Crippen molar-refractivity contribution in [1.82, 2.24) is 14.8 Å². The summed E-state index contributed by atoms with van der Waals surface area (Å²) >= 11 is 7.11. The highest BCUT2D eigenvalue weighted by Gasteiger charge is 2.14. The van der Waals surface area contributed by atoms with Crippen LogP contribution in [0.5, 0.6) is 0 Å². The molecule has 0 aliphatic rings. The molecule has 1 aromatic carbocycles. The van der Waals surface area contributed by atoms with Crippen molar-refractivity contribution in [1.29, 1.82) is 5.26 Å². The van der Waals surface area contributed by atoms with E-state index in [0.29, 0.717) is 22.5 Å². The fourth-order valence-electron chi connectivity index (χ4n) is 1.77. The molecular weight excluding hydrogens is 324 g/mol. The Bertz CT molecular complexity index is 694. The van der Waals surface area contributed by atoms with E-state index in [4.69, 9.17) is 21.6 Å². The summed E-state index contributed by atoms with van der Waals surface area (Å²) in [5.41, 5.74) is 0.901. The number of benzene rings is 1. The van der Waals surface area contributed by atoms with Gasteiger partial charge >= 0.3 is 5.97 Å². The van der Waals surface area contributed by atoms with Crippen molar-refractivity contribution in [3.05, 3.63) is 29.3 Å². The maximum atomic E-state index is 11.4. The zero-order valence-electron chi connectivity index (χ0n) is 11.8. The molecule has 0 fully saturated rings. The normalized spacial score (nSPS) is 10.2. The molecule has 0 aliphatic heterocycles. The summed E-state index contributed by atoms with van der Waals surface area (Å²) in [5, 5.41) is 17.9. The molecule has 0 bridgehead atoms. The largest absolute Gasteiger partial charge is 0.450 e. The summed E-state index contributed by atoms with van der Waals surface area (Å²) in [6, 6.07) is 9.07. The van der Waals surface area contributed by atoms with Crippen LogP contribution in [-0.4, -0.2) is 33.1 Å². The van der Waals surface area contributed by atoms with Crippen molar-refractivity contribution in [2.24, 2.45) is 0 Å². The van der Waals surface area contributed by atoms with Crippen LogP contribution in [-0.2, 0) is 16.1 Å². The minimum atomic E-state index is -0.453. The minimum absolute atomic E-state index is 0.0838. The van der Waals surface area contributed by atoms with Crippen molar-refractivity contribution in [3.63, 3.8) is 0 Å². The molecule has 1 aromatic heterocycles. The fraction of sp³-hybridized carbons (Fsp3) is 0.286. The summed E-state index contributed by atoms with van der Waals surface area (Å²) in [4.78, 5) is 11.4. The highest BCUT2D eigenvalue weighted by molar-refractivity contribution is 7.99. The number of nitrogens with zero attached hydrogens (tertiary/aromatic N) is 4. The average molecular weight is 337 g/mol. The Labute approximate surface area is 137 Å². The third kappa shape index (κ3) is 4.00. The lowest BCUT2D eigenvalue weighted by Gasteiger charge is -2.07. The summed E-state index contributed by atoms with van der Waals surface area (Å²) < 4.78 is 6.61. The van der Waals surface area contributed by atoms with Gasteiger partial charge in [-0.2, -0.15) is 5.26 Å². The highest BCUT2D eigenvalue weighted by atomic mass is 35.5. The Kier molecular flexibility index (Phi) is 5.81. The van der Waals surface area contributed by atoms with E-state index in [9.17, 15) is 4.79 Å². The average Bonchev–Trinajstić information content (AvgIpc) is 2.94. The first kappa shape index (κ1) is 16.3. The molecule has 22 heavy (non-hydrogen) atoms. The van der Waals surface area contributed by atoms with Crippen molar-refractivity contribution in [2.45, 2.75) is 18.6 Å². The van der Waals surface area contributed by atoms with Gasteiger partial charge in [0.25, 0.3) is 0 Å². The van der Waals surface area contributed by atoms with E-state index in [2.05, 4.69) is 10.2 Å². The first-order valence-electron chi connectivity index (χ1n) is 6.50. The van der Waals surface area contributed by atoms with Gasteiger partial charge in [-0.15, -0.1) is 10.2 Å². The smallest absolute Gasteiger partial charge is 0.317 e. The standard InChI is InChI=1S/C14H13ClN4O2S/c1-2-19-13(10-3-5-11(15)6-4-10)17-18-14(19)22-9-12(20)21-8-7-16/h3-6H,2,8-9H2,1H3. The lowest BCUT2D eigenvalue weighted by Crippen LogP contribution is -2.08. The van der Waals surface area contributed by atoms with Gasteiger partial charge in [0.1, 0.15) is 6.07 Å². The highest BCUT2D eigenvalue weighted by Crippen LogP contribution is 2.25. The molecule has 6 nitrogen and oxygen atoms in total. The summed E-state index contributed by atoms with van der Waals surface area (Å²) in [6.45, 7) is 2.40. The van der Waals surface area contributed by atoms with Crippen LogP contribution in [0.25, 0.3) is 11.4 Å². The van der Waals surface area contributed by atoms with Crippen LogP contribution < -0.4 is 0 Å². The maximum Gasteiger partial charge on any atom is 0.317 e. The molecule has 0 unspecified atom stereocenters. The number of ether oxygens (including phenoxy) is 1. The molecule has 0 saturated carbocycles. The number of thioether (sulfide) groups is 1. The fourth-order valence-corrected chi connectivity index (χ4v) is 2.70. The van der Waals surface area contributed by atoms with Gasteiger partial charge < -0.3 is 9.30 Å². The van der Waals surface area contributed by atoms with E-state index < -0.39 is 5.97 Å². The Morgan fingerprint density at radius 2 is 2.14 bits per heavy atom. The van der Waals surface area contributed by atoms with E-state index in [0.717, 1.165) is 5.56 Å². The maximum absolute atomic E-state index is 11.4. The number of nitriles is 1. The first-order chi connectivity index (χ1) is 10.7. The minimum Gasteiger partial charge on any atom is -0.450 e. The van der Waals surface area contributed by atoms with Gasteiger partial charge in [0.05, 0.1) is 5.75 Å². The number of rotatable bonds is 6. The van der Waals surface area contributed by atoms with Crippen molar-refractivity contribution in [3.8, 4) is 17.5 Å². The van der Waals surface area contributed by atoms with E-state index >= 15 is 0 Å². The lowest BCUT2D eigenvalue weighted by atomic mass is 10.2. The quantitative estimate of drug-likeness (QED) is 0.596. The number of hydrogen-bond donors (Lipinski definition) is 0. The Morgan fingerprint density at radius 3 is 2.77 bits per heavy atom. The zero-order chi connectivity index (χ0) is 15.9. The van der Waals surface area contributed by atoms with Gasteiger partial charge in [-0.05, 0) is 31.2 Å². The first-order valence-corrected chi connectivity index (χ1v) is 7.86. The van der Waals surface area contributed by atoms with Crippen LogP contribution in [0.4, 0.5) is 0 Å². The third-order valence-corrected chi connectivity index (χ3v) is 3.94. The van der Waals surface area contributed by atoms with Gasteiger partial charge in [0.2, 0.25) is 0 Å². The van der Waals surface area contributed by atoms with Gasteiger partial charge in [-0.3, -0.25) is 4.79 Å². The number of aromatic nitrogens is 3. The molecule has 0 radical (unpaired) electrons. The molecule has 114 valence electrons. The van der Waals surface area contributed by atoms with Gasteiger partial charge in [0.15, 0.2) is 17.6 Å². The molecule has 0 aliphatic carbocycles. The number of carbonyl (C=O) groups is 1. The van der Waals surface area contributed by atoms with Gasteiger partial charge in [-0.1, -0.05) is 23.4 Å². The van der Waals surface area contributed by atoms with Crippen molar-refractivity contribution < 1.29 is 9.53 Å². The molecule has 2 aromatic rings. The summed E-state index contributed by atoms with van der Waals surface area (Å²) in [5.74, 6) is 0.345. The number of carbonyl (C=O) groups excluding carboxylic acids is 1. The third-order valence-electron chi connectivity index (χ3n) is 2.75. The Hall–Kier alpha value is -2.04. The van der Waals surface area contributed by atoms with E-state index in [1.807, 2.05) is 23.6 Å². The molecule has 0 saturated heterocycles. The van der Waals surface area contributed by atoms with E-state index in [-0.39, 0.29) is 12.4 Å². The molecule has 0 amide bonds. The predicted octanol–water partition coefficient (Wildman–Crippen LogP) is 2.78. The topological polar surface area (TPSA) is 80.8 Å². The molecule has 0 atom stereocenters. The second kappa shape index (κ2) is 7.82. The molecule has 8 heteroatoms. The molecule has 2 rings (SSSR count). The van der Waals surface area contributed by atoms with Crippen LogP contribution in [0, 0.1) is 11.3 Å². The second-order valence-electron chi connectivity index (χ2n) is 4.16. The molecular formula is C14H13ClN4O2S. The monoisotopic (exact) mass is 336 g/mol. The van der Waals surface area contributed by atoms with Crippen LogP contribution in [0.1, 0.15) is 6.92 Å². The number of hydrogen-bond acceptors (Lipinski definition) is 6. The zero-order valence-corrected chi connectivity index (χ0v) is 13.4. The van der Waals surface area contributed by atoms with Crippen LogP contribution in [0.3, 0.4) is 0 Å². The van der Waals surface area contributed by atoms with Crippen molar-refractivity contribution in [2.75, 3.05) is 12.4 Å². The summed E-state index contributed by atoms with van der Waals surface area (Å²) in [6.07, 6.45) is 0. The lowest BCUT2D eigenvalue weighted by molar-refractivity contribution is -0.139. The van der Waals surface area contributed by atoms with E-state index in [1.165, 1.54) is 11.8 Å². The Balaban J connectivity index is 2.12. The van der Waals surface area contributed by atoms with Crippen LogP contribution in [0.2, 0.25) is 5.02 Å². The predicted molar refractivity (Wildman–Crippen MR) is 83.4 cm³/mol. The van der Waals surface area contributed by atoms with Crippen LogP contribution >= 0.6 is 23.4 Å². The Morgan fingerprint density at radius 1 is 1.41 bits per heavy atom. The van der Waals surface area contributed by atoms with Crippen molar-refractivity contribution >= 4 is 29.3 Å². The molecule has 0 N–H and O–H groups in total. The molecule has 0 spiro atoms.